The Balaban J connectivity index is 1.74. The molecule has 146 valence electrons. The van der Waals surface area contributed by atoms with Gasteiger partial charge in [-0.3, -0.25) is 4.79 Å². The Kier molecular flexibility index (Phi) is 7.01. The van der Waals surface area contributed by atoms with Crippen LogP contribution < -0.4 is 4.72 Å². The highest BCUT2D eigenvalue weighted by atomic mass is 32.2. The molecule has 6 nitrogen and oxygen atoms in total. The highest BCUT2D eigenvalue weighted by Gasteiger charge is 2.28. The van der Waals surface area contributed by atoms with Crippen molar-refractivity contribution >= 4 is 15.9 Å². The van der Waals surface area contributed by atoms with Gasteiger partial charge in [-0.05, 0) is 25.0 Å². The minimum atomic E-state index is -4.41. The van der Waals surface area contributed by atoms with E-state index < -0.39 is 22.8 Å². The predicted molar refractivity (Wildman–Crippen MR) is 87.9 cm³/mol. The molecule has 1 aromatic carbocycles. The lowest BCUT2D eigenvalue weighted by Gasteiger charge is -2.32. The summed E-state index contributed by atoms with van der Waals surface area (Å²) in [6.07, 6.45) is -3.64. The molecule has 0 unspecified atom stereocenters. The van der Waals surface area contributed by atoms with Crippen molar-refractivity contribution in [3.05, 3.63) is 30.3 Å². The predicted octanol–water partition coefficient (Wildman–Crippen LogP) is 1.92. The maximum Gasteiger partial charge on any atom is 0.411 e. The number of piperidine rings is 1. The number of ether oxygens (including phenoxy) is 1. The largest absolute Gasteiger partial charge is 0.411 e. The lowest BCUT2D eigenvalue weighted by molar-refractivity contribution is -0.175. The number of sulfonamides is 1. The first-order valence-corrected chi connectivity index (χ1v) is 9.65. The first-order chi connectivity index (χ1) is 12.2. The maximum absolute atomic E-state index is 12.3. The van der Waals surface area contributed by atoms with Crippen LogP contribution in [0.1, 0.15) is 19.3 Å². The standard InChI is InChI=1S/C16H21F3N2O4S/c17-16(18,19)12-25-11-8-15(22)21-9-6-13(7-10-21)20-26(23,24)14-4-2-1-3-5-14/h1-5,13,20H,6-12H2. The van der Waals surface area contributed by atoms with E-state index in [1.165, 1.54) is 17.0 Å². The van der Waals surface area contributed by atoms with Crippen molar-refractivity contribution in [2.45, 2.75) is 36.4 Å². The van der Waals surface area contributed by atoms with Crippen LogP contribution in [0.4, 0.5) is 13.2 Å². The van der Waals surface area contributed by atoms with E-state index in [0.29, 0.717) is 25.9 Å². The van der Waals surface area contributed by atoms with Gasteiger partial charge in [0.2, 0.25) is 15.9 Å². The molecule has 1 fully saturated rings. The number of hydrogen-bond donors (Lipinski definition) is 1. The highest BCUT2D eigenvalue weighted by molar-refractivity contribution is 7.89. The molecule has 1 aromatic rings. The summed E-state index contributed by atoms with van der Waals surface area (Å²) in [5.74, 6) is -0.295. The minimum Gasteiger partial charge on any atom is -0.372 e. The van der Waals surface area contributed by atoms with Crippen LogP contribution in [0.2, 0.25) is 0 Å². The number of benzene rings is 1. The maximum atomic E-state index is 12.3. The molecule has 0 radical (unpaired) electrons. The molecular formula is C16H21F3N2O4S. The third-order valence-electron chi connectivity index (χ3n) is 3.95. The topological polar surface area (TPSA) is 75.7 Å². The summed E-state index contributed by atoms with van der Waals surface area (Å²) in [6, 6.07) is 7.71. The number of likely N-dealkylation sites (tertiary alicyclic amines) is 1. The van der Waals surface area contributed by atoms with Crippen LogP contribution in [-0.2, 0) is 19.6 Å². The molecule has 1 heterocycles. The average Bonchev–Trinajstić information content (AvgIpc) is 2.59. The Labute approximate surface area is 150 Å². The van der Waals surface area contributed by atoms with Crippen molar-refractivity contribution in [3.8, 4) is 0 Å². The first-order valence-electron chi connectivity index (χ1n) is 8.17. The fourth-order valence-corrected chi connectivity index (χ4v) is 3.97. The van der Waals surface area contributed by atoms with E-state index in [4.69, 9.17) is 0 Å². The SMILES string of the molecule is O=C(CCOCC(F)(F)F)N1CCC(NS(=O)(=O)c2ccccc2)CC1. The second-order valence-corrected chi connectivity index (χ2v) is 7.72. The molecule has 0 bridgehead atoms. The number of nitrogens with zero attached hydrogens (tertiary/aromatic N) is 1. The van der Waals surface area contributed by atoms with Crippen LogP contribution in [0.15, 0.2) is 35.2 Å². The monoisotopic (exact) mass is 394 g/mol. The van der Waals surface area contributed by atoms with Gasteiger partial charge in [0.15, 0.2) is 0 Å². The molecule has 26 heavy (non-hydrogen) atoms. The third-order valence-corrected chi connectivity index (χ3v) is 5.49. The molecule has 0 saturated carbocycles. The average molecular weight is 394 g/mol. The Morgan fingerprint density at radius 1 is 1.19 bits per heavy atom. The zero-order valence-corrected chi connectivity index (χ0v) is 14.9. The summed E-state index contributed by atoms with van der Waals surface area (Å²) < 4.78 is 67.5. The molecule has 10 heteroatoms. The molecule has 1 saturated heterocycles. The van der Waals surface area contributed by atoms with Crippen molar-refractivity contribution in [2.24, 2.45) is 0 Å². The highest BCUT2D eigenvalue weighted by Crippen LogP contribution is 2.17. The number of hydrogen-bond acceptors (Lipinski definition) is 4. The normalized spacial score (nSPS) is 16.7. The molecule has 0 spiro atoms. The fraction of sp³-hybridized carbons (Fsp3) is 0.562. The third kappa shape index (κ3) is 6.58. The second kappa shape index (κ2) is 8.83. The van der Waals surface area contributed by atoms with E-state index in [1.54, 1.807) is 18.2 Å². The van der Waals surface area contributed by atoms with Crippen LogP contribution >= 0.6 is 0 Å². The molecule has 0 aliphatic carbocycles. The molecule has 1 aliphatic rings. The zero-order chi connectivity index (χ0) is 19.2. The Hall–Kier alpha value is -1.65. The Morgan fingerprint density at radius 2 is 1.81 bits per heavy atom. The number of rotatable bonds is 7. The molecule has 2 rings (SSSR count). The fourth-order valence-electron chi connectivity index (χ4n) is 2.64. The van der Waals surface area contributed by atoms with Crippen molar-refractivity contribution in [1.82, 2.24) is 9.62 Å². The van der Waals surface area contributed by atoms with Gasteiger partial charge >= 0.3 is 6.18 Å². The van der Waals surface area contributed by atoms with Gasteiger partial charge < -0.3 is 9.64 Å². The van der Waals surface area contributed by atoms with Gasteiger partial charge in [0, 0.05) is 19.1 Å². The van der Waals surface area contributed by atoms with Gasteiger partial charge in [0.1, 0.15) is 6.61 Å². The first kappa shape index (κ1) is 20.7. The van der Waals surface area contributed by atoms with Gasteiger partial charge in [-0.15, -0.1) is 0 Å². The summed E-state index contributed by atoms with van der Waals surface area (Å²) in [5, 5.41) is 0. The number of carbonyl (C=O) groups excluding carboxylic acids is 1. The summed E-state index contributed by atoms with van der Waals surface area (Å²) in [4.78, 5) is 13.7. The van der Waals surface area contributed by atoms with E-state index in [0.717, 1.165) is 0 Å². The quantitative estimate of drug-likeness (QED) is 0.717. The van der Waals surface area contributed by atoms with E-state index in [-0.39, 0.29) is 29.9 Å². The van der Waals surface area contributed by atoms with Crippen molar-refractivity contribution in [3.63, 3.8) is 0 Å². The number of carbonyl (C=O) groups is 1. The van der Waals surface area contributed by atoms with Crippen molar-refractivity contribution < 1.29 is 31.1 Å². The molecule has 0 atom stereocenters. The summed E-state index contributed by atoms with van der Waals surface area (Å²) in [6.45, 7) is -0.970. The van der Waals surface area contributed by atoms with Gasteiger partial charge in [0.25, 0.3) is 0 Å². The smallest absolute Gasteiger partial charge is 0.372 e. The van der Waals surface area contributed by atoms with E-state index in [9.17, 15) is 26.4 Å². The minimum absolute atomic E-state index is 0.128. The van der Waals surface area contributed by atoms with Gasteiger partial charge in [0.05, 0.1) is 17.9 Å². The van der Waals surface area contributed by atoms with E-state index in [2.05, 4.69) is 9.46 Å². The van der Waals surface area contributed by atoms with Crippen LogP contribution in [-0.4, -0.2) is 57.7 Å². The zero-order valence-electron chi connectivity index (χ0n) is 14.0. The van der Waals surface area contributed by atoms with Crippen LogP contribution in [0.25, 0.3) is 0 Å². The summed E-state index contributed by atoms with van der Waals surface area (Å²) in [7, 11) is -3.61. The van der Waals surface area contributed by atoms with Crippen LogP contribution in [0, 0.1) is 0 Å². The number of alkyl halides is 3. The van der Waals surface area contributed by atoms with Crippen LogP contribution in [0.3, 0.4) is 0 Å². The van der Waals surface area contributed by atoms with Crippen molar-refractivity contribution in [1.29, 1.82) is 0 Å². The van der Waals surface area contributed by atoms with Gasteiger partial charge in [-0.2, -0.15) is 13.2 Å². The number of amides is 1. The Morgan fingerprint density at radius 3 is 2.38 bits per heavy atom. The molecule has 1 aliphatic heterocycles. The van der Waals surface area contributed by atoms with Crippen molar-refractivity contribution in [2.75, 3.05) is 26.3 Å². The lowest BCUT2D eigenvalue weighted by atomic mass is 10.1. The number of halogens is 3. The van der Waals surface area contributed by atoms with Gasteiger partial charge in [-0.25, -0.2) is 13.1 Å². The van der Waals surface area contributed by atoms with E-state index >= 15 is 0 Å². The molecule has 1 amide bonds. The second-order valence-electron chi connectivity index (χ2n) is 6.01. The Bertz CT molecular complexity index is 687. The lowest BCUT2D eigenvalue weighted by Crippen LogP contribution is -2.46. The van der Waals surface area contributed by atoms with Gasteiger partial charge in [-0.1, -0.05) is 18.2 Å². The van der Waals surface area contributed by atoms with E-state index in [1.807, 2.05) is 0 Å². The molecule has 0 aromatic heterocycles. The molecule has 1 N–H and O–H groups in total. The summed E-state index contributed by atoms with van der Waals surface area (Å²) in [5.41, 5.74) is 0. The molecular weight excluding hydrogens is 373 g/mol. The number of nitrogens with one attached hydrogen (secondary N) is 1. The van der Waals surface area contributed by atoms with Crippen LogP contribution in [0.5, 0.6) is 0 Å². The summed E-state index contributed by atoms with van der Waals surface area (Å²) >= 11 is 0.